The fourth-order valence-electron chi connectivity index (χ4n) is 2.84. The lowest BCUT2D eigenvalue weighted by Crippen LogP contribution is -2.53. The SMILES string of the molecule is CCCNc1ncccc1CN1CC(CO)OC(C)(C)C1. The first-order valence-corrected chi connectivity index (χ1v) is 7.73. The van der Waals surface area contributed by atoms with Crippen LogP contribution >= 0.6 is 0 Å². The van der Waals surface area contributed by atoms with E-state index in [9.17, 15) is 5.11 Å². The fraction of sp³-hybridized carbons (Fsp3) is 0.688. The number of ether oxygens (including phenoxy) is 1. The first kappa shape index (κ1) is 16.2. The Balaban J connectivity index is 2.06. The van der Waals surface area contributed by atoms with Crippen LogP contribution in [-0.4, -0.2) is 52.9 Å². The average molecular weight is 293 g/mol. The van der Waals surface area contributed by atoms with E-state index in [1.165, 1.54) is 5.56 Å². The van der Waals surface area contributed by atoms with Crippen LogP contribution in [0.3, 0.4) is 0 Å². The number of anilines is 1. The third kappa shape index (κ3) is 4.66. The Morgan fingerprint density at radius 1 is 1.52 bits per heavy atom. The van der Waals surface area contributed by atoms with Crippen LogP contribution in [0.25, 0.3) is 0 Å². The molecule has 2 heterocycles. The molecule has 1 fully saturated rings. The highest BCUT2D eigenvalue weighted by atomic mass is 16.5. The van der Waals surface area contributed by atoms with Gasteiger partial charge in [0, 0.05) is 37.9 Å². The molecule has 21 heavy (non-hydrogen) atoms. The van der Waals surface area contributed by atoms with Crippen molar-refractivity contribution in [3.63, 3.8) is 0 Å². The molecule has 1 unspecified atom stereocenters. The molecule has 0 aromatic carbocycles. The van der Waals surface area contributed by atoms with Crippen molar-refractivity contribution < 1.29 is 9.84 Å². The van der Waals surface area contributed by atoms with E-state index in [1.54, 1.807) is 0 Å². The number of rotatable bonds is 6. The monoisotopic (exact) mass is 293 g/mol. The smallest absolute Gasteiger partial charge is 0.130 e. The summed E-state index contributed by atoms with van der Waals surface area (Å²) >= 11 is 0. The summed E-state index contributed by atoms with van der Waals surface area (Å²) in [5.74, 6) is 0.962. The van der Waals surface area contributed by atoms with Gasteiger partial charge in [-0.2, -0.15) is 0 Å². The predicted octanol–water partition coefficient (Wildman–Crippen LogP) is 1.88. The summed E-state index contributed by atoms with van der Waals surface area (Å²) in [7, 11) is 0. The predicted molar refractivity (Wildman–Crippen MR) is 84.3 cm³/mol. The van der Waals surface area contributed by atoms with Gasteiger partial charge in [-0.05, 0) is 26.3 Å². The van der Waals surface area contributed by atoms with Crippen LogP contribution in [0.1, 0.15) is 32.8 Å². The van der Waals surface area contributed by atoms with E-state index in [0.717, 1.165) is 38.4 Å². The molecule has 1 aromatic rings. The Labute approximate surface area is 127 Å². The molecule has 118 valence electrons. The van der Waals surface area contributed by atoms with Crippen LogP contribution in [0, 0.1) is 0 Å². The number of hydrogen-bond donors (Lipinski definition) is 2. The van der Waals surface area contributed by atoms with Gasteiger partial charge in [0.2, 0.25) is 0 Å². The van der Waals surface area contributed by atoms with E-state index in [-0.39, 0.29) is 18.3 Å². The number of aliphatic hydroxyl groups is 1. The normalized spacial score (nSPS) is 22.2. The third-order valence-electron chi connectivity index (χ3n) is 3.58. The highest BCUT2D eigenvalue weighted by Crippen LogP contribution is 2.23. The fourth-order valence-corrected chi connectivity index (χ4v) is 2.84. The van der Waals surface area contributed by atoms with E-state index < -0.39 is 0 Å². The second kappa shape index (κ2) is 7.20. The molecule has 2 N–H and O–H groups in total. The molecular weight excluding hydrogens is 266 g/mol. The highest BCUT2D eigenvalue weighted by molar-refractivity contribution is 5.43. The first-order valence-electron chi connectivity index (χ1n) is 7.73. The van der Waals surface area contributed by atoms with Crippen molar-refractivity contribution in [1.82, 2.24) is 9.88 Å². The van der Waals surface area contributed by atoms with E-state index in [1.807, 2.05) is 12.3 Å². The van der Waals surface area contributed by atoms with Gasteiger partial charge in [0.25, 0.3) is 0 Å². The Morgan fingerprint density at radius 2 is 2.33 bits per heavy atom. The molecule has 5 nitrogen and oxygen atoms in total. The summed E-state index contributed by atoms with van der Waals surface area (Å²) in [6, 6.07) is 4.09. The van der Waals surface area contributed by atoms with Crippen molar-refractivity contribution in [2.24, 2.45) is 0 Å². The lowest BCUT2D eigenvalue weighted by atomic mass is 10.0. The molecular formula is C16H27N3O2. The number of nitrogens with one attached hydrogen (secondary N) is 1. The lowest BCUT2D eigenvalue weighted by molar-refractivity contribution is -0.150. The average Bonchev–Trinajstić information content (AvgIpc) is 2.44. The van der Waals surface area contributed by atoms with Gasteiger partial charge in [-0.15, -0.1) is 0 Å². The summed E-state index contributed by atoms with van der Waals surface area (Å²) in [4.78, 5) is 6.77. The molecule has 0 spiro atoms. The Kier molecular flexibility index (Phi) is 5.56. The minimum Gasteiger partial charge on any atom is -0.394 e. The molecule has 1 aliphatic rings. The molecule has 0 saturated carbocycles. The van der Waals surface area contributed by atoms with Crippen LogP contribution in [0.15, 0.2) is 18.3 Å². The maximum atomic E-state index is 9.40. The van der Waals surface area contributed by atoms with Crippen molar-refractivity contribution in [2.75, 3.05) is 31.6 Å². The minimum absolute atomic E-state index is 0.0634. The topological polar surface area (TPSA) is 57.6 Å². The molecule has 1 saturated heterocycles. The van der Waals surface area contributed by atoms with Crippen molar-refractivity contribution >= 4 is 5.82 Å². The van der Waals surface area contributed by atoms with Gasteiger partial charge in [0.05, 0.1) is 18.3 Å². The van der Waals surface area contributed by atoms with Crippen LogP contribution < -0.4 is 5.32 Å². The molecule has 0 bridgehead atoms. The number of nitrogens with zero attached hydrogens (tertiary/aromatic N) is 2. The Bertz CT molecular complexity index is 451. The Hall–Kier alpha value is -1.17. The van der Waals surface area contributed by atoms with Crippen LogP contribution in [0.4, 0.5) is 5.82 Å². The summed E-state index contributed by atoms with van der Waals surface area (Å²) in [5, 5.41) is 12.8. The molecule has 5 heteroatoms. The van der Waals surface area contributed by atoms with Crippen molar-refractivity contribution in [1.29, 1.82) is 0 Å². The van der Waals surface area contributed by atoms with Crippen LogP contribution in [0.5, 0.6) is 0 Å². The van der Waals surface area contributed by atoms with Gasteiger partial charge in [0.1, 0.15) is 5.82 Å². The molecule has 1 atom stereocenters. The van der Waals surface area contributed by atoms with Gasteiger partial charge in [-0.25, -0.2) is 4.98 Å². The van der Waals surface area contributed by atoms with E-state index in [0.29, 0.717) is 0 Å². The second-order valence-corrected chi connectivity index (χ2v) is 6.29. The number of pyridine rings is 1. The summed E-state index contributed by atoms with van der Waals surface area (Å²) < 4.78 is 5.86. The number of morpholine rings is 1. The van der Waals surface area contributed by atoms with Crippen molar-refractivity contribution in [3.05, 3.63) is 23.9 Å². The molecule has 1 aromatic heterocycles. The van der Waals surface area contributed by atoms with Gasteiger partial charge >= 0.3 is 0 Å². The quantitative estimate of drug-likeness (QED) is 0.838. The lowest BCUT2D eigenvalue weighted by Gasteiger charge is -2.42. The summed E-state index contributed by atoms with van der Waals surface area (Å²) in [5.41, 5.74) is 0.963. The number of aromatic nitrogens is 1. The molecule has 2 rings (SSSR count). The Morgan fingerprint density at radius 3 is 3.05 bits per heavy atom. The standard InChI is InChI=1S/C16H27N3O2/c1-4-7-17-15-13(6-5-8-18-15)9-19-10-14(11-20)21-16(2,3)12-19/h5-6,8,14,20H,4,7,9-12H2,1-3H3,(H,17,18). The largest absolute Gasteiger partial charge is 0.394 e. The van der Waals surface area contributed by atoms with Crippen LogP contribution in [0.2, 0.25) is 0 Å². The minimum atomic E-state index is -0.231. The maximum Gasteiger partial charge on any atom is 0.130 e. The van der Waals surface area contributed by atoms with Gasteiger partial charge < -0.3 is 15.2 Å². The zero-order chi connectivity index (χ0) is 15.3. The van der Waals surface area contributed by atoms with Gasteiger partial charge in [-0.1, -0.05) is 13.0 Å². The van der Waals surface area contributed by atoms with Crippen LogP contribution in [-0.2, 0) is 11.3 Å². The van der Waals surface area contributed by atoms with Gasteiger partial charge in [0.15, 0.2) is 0 Å². The zero-order valence-corrected chi connectivity index (χ0v) is 13.3. The first-order chi connectivity index (χ1) is 10.0. The molecule has 0 amide bonds. The molecule has 0 aliphatic carbocycles. The van der Waals surface area contributed by atoms with Crippen molar-refractivity contribution in [2.45, 2.75) is 45.4 Å². The van der Waals surface area contributed by atoms with E-state index in [2.05, 4.69) is 42.0 Å². The summed E-state index contributed by atoms with van der Waals surface area (Å²) in [6.07, 6.45) is 2.78. The highest BCUT2D eigenvalue weighted by Gasteiger charge is 2.33. The number of aliphatic hydroxyl groups excluding tert-OH is 1. The van der Waals surface area contributed by atoms with Gasteiger partial charge in [-0.3, -0.25) is 4.90 Å². The zero-order valence-electron chi connectivity index (χ0n) is 13.3. The molecule has 0 radical (unpaired) electrons. The van der Waals surface area contributed by atoms with E-state index >= 15 is 0 Å². The maximum absolute atomic E-state index is 9.40. The third-order valence-corrected chi connectivity index (χ3v) is 3.58. The number of hydrogen-bond acceptors (Lipinski definition) is 5. The van der Waals surface area contributed by atoms with Crippen molar-refractivity contribution in [3.8, 4) is 0 Å². The summed E-state index contributed by atoms with van der Waals surface area (Å²) in [6.45, 7) is 9.71. The second-order valence-electron chi connectivity index (χ2n) is 6.29. The van der Waals surface area contributed by atoms with E-state index in [4.69, 9.17) is 4.74 Å². The molecule has 1 aliphatic heterocycles.